The van der Waals surface area contributed by atoms with Gasteiger partial charge in [0.2, 0.25) is 15.9 Å². The first-order valence-corrected chi connectivity index (χ1v) is 9.43. The number of hydrogen-bond donors (Lipinski definition) is 1. The lowest BCUT2D eigenvalue weighted by molar-refractivity contribution is -0.122. The Labute approximate surface area is 149 Å². The number of carbonyl (C=O) groups excluding carboxylic acids is 1. The van der Waals surface area contributed by atoms with E-state index in [0.717, 1.165) is 37.1 Å². The number of amides is 1. The molecule has 8 heteroatoms. The second-order valence-electron chi connectivity index (χ2n) is 6.36. The monoisotopic (exact) mass is 373 g/mol. The molecular formula is C16H24ClN3O3S. The van der Waals surface area contributed by atoms with Crippen LogP contribution >= 0.6 is 12.4 Å². The zero-order valence-corrected chi connectivity index (χ0v) is 15.6. The molecule has 3 rings (SSSR count). The molecule has 2 heterocycles. The van der Waals surface area contributed by atoms with Crippen LogP contribution < -0.4 is 10.2 Å². The number of nitrogens with zero attached hydrogens (tertiary/aromatic N) is 2. The predicted molar refractivity (Wildman–Crippen MR) is 96.2 cm³/mol. The molecular weight excluding hydrogens is 350 g/mol. The Balaban J connectivity index is 0.00000208. The topological polar surface area (TPSA) is 69.7 Å². The van der Waals surface area contributed by atoms with E-state index in [4.69, 9.17) is 0 Å². The molecule has 24 heavy (non-hydrogen) atoms. The Morgan fingerprint density at radius 1 is 1.33 bits per heavy atom. The van der Waals surface area contributed by atoms with E-state index < -0.39 is 10.0 Å². The number of nitrogens with one attached hydrogen (secondary N) is 1. The second kappa shape index (κ2) is 7.39. The van der Waals surface area contributed by atoms with Gasteiger partial charge in [0.1, 0.15) is 0 Å². The van der Waals surface area contributed by atoms with Crippen molar-refractivity contribution in [2.24, 2.45) is 5.92 Å². The summed E-state index contributed by atoms with van der Waals surface area (Å²) in [5.74, 6) is 0.0964. The quantitative estimate of drug-likeness (QED) is 0.865. The van der Waals surface area contributed by atoms with Crippen LogP contribution in [0.4, 0.5) is 5.69 Å². The fraction of sp³-hybridized carbons (Fsp3) is 0.562. The Bertz CT molecular complexity index is 715. The Morgan fingerprint density at radius 2 is 2.08 bits per heavy atom. The summed E-state index contributed by atoms with van der Waals surface area (Å²) in [4.78, 5) is 14.8. The van der Waals surface area contributed by atoms with E-state index >= 15 is 0 Å². The van der Waals surface area contributed by atoms with Gasteiger partial charge < -0.3 is 10.2 Å². The van der Waals surface area contributed by atoms with E-state index in [1.54, 1.807) is 17.0 Å². The van der Waals surface area contributed by atoms with Gasteiger partial charge in [-0.2, -0.15) is 0 Å². The third kappa shape index (κ3) is 3.44. The van der Waals surface area contributed by atoms with Crippen molar-refractivity contribution in [3.63, 3.8) is 0 Å². The lowest BCUT2D eigenvalue weighted by Gasteiger charge is -2.27. The summed E-state index contributed by atoms with van der Waals surface area (Å²) in [7, 11) is -0.463. The Hall–Kier alpha value is -1.15. The number of sulfonamides is 1. The van der Waals surface area contributed by atoms with Crippen molar-refractivity contribution in [1.29, 1.82) is 0 Å². The van der Waals surface area contributed by atoms with Crippen LogP contribution in [0.15, 0.2) is 23.1 Å². The molecule has 1 atom stereocenters. The number of rotatable bonds is 3. The minimum Gasteiger partial charge on any atom is -0.316 e. The third-order valence-corrected chi connectivity index (χ3v) is 6.45. The van der Waals surface area contributed by atoms with Gasteiger partial charge in [0.15, 0.2) is 0 Å². The highest BCUT2D eigenvalue weighted by atomic mass is 35.5. The first-order chi connectivity index (χ1) is 10.9. The highest BCUT2D eigenvalue weighted by molar-refractivity contribution is 7.89. The molecule has 134 valence electrons. The van der Waals surface area contributed by atoms with E-state index in [1.165, 1.54) is 18.4 Å². The van der Waals surface area contributed by atoms with Crippen molar-refractivity contribution < 1.29 is 13.2 Å². The average molecular weight is 374 g/mol. The first kappa shape index (κ1) is 19.2. The van der Waals surface area contributed by atoms with Gasteiger partial charge in [0.25, 0.3) is 0 Å². The van der Waals surface area contributed by atoms with Gasteiger partial charge in [0.05, 0.1) is 10.8 Å². The first-order valence-electron chi connectivity index (χ1n) is 7.99. The minimum absolute atomic E-state index is 0. The lowest BCUT2D eigenvalue weighted by Crippen LogP contribution is -2.42. The number of piperidine rings is 1. The van der Waals surface area contributed by atoms with Crippen molar-refractivity contribution in [2.75, 3.05) is 38.6 Å². The van der Waals surface area contributed by atoms with Gasteiger partial charge in [-0.3, -0.25) is 4.79 Å². The maximum Gasteiger partial charge on any atom is 0.242 e. The normalized spacial score (nSPS) is 20.6. The zero-order chi connectivity index (χ0) is 16.6. The lowest BCUT2D eigenvalue weighted by atomic mass is 9.98. The molecule has 1 fully saturated rings. The summed E-state index contributed by atoms with van der Waals surface area (Å²) >= 11 is 0. The number of carbonyl (C=O) groups is 1. The standard InChI is InChI=1S/C16H23N3O3S.ClH/c1-18(2)23(21,22)14-6-5-12-7-9-19(15(12)10-14)16(20)13-4-3-8-17-11-13;/h5-6,10,13,17H,3-4,7-9,11H2,1-2H3;1H. The van der Waals surface area contributed by atoms with Gasteiger partial charge in [-0.25, -0.2) is 12.7 Å². The van der Waals surface area contributed by atoms with Crippen molar-refractivity contribution in [1.82, 2.24) is 9.62 Å². The van der Waals surface area contributed by atoms with E-state index in [0.29, 0.717) is 13.1 Å². The van der Waals surface area contributed by atoms with Gasteiger partial charge in [0, 0.05) is 32.9 Å². The largest absolute Gasteiger partial charge is 0.316 e. The van der Waals surface area contributed by atoms with E-state index in [1.807, 2.05) is 6.07 Å². The number of halogens is 1. The highest BCUT2D eigenvalue weighted by Gasteiger charge is 2.32. The van der Waals surface area contributed by atoms with Crippen molar-refractivity contribution >= 4 is 34.0 Å². The smallest absolute Gasteiger partial charge is 0.242 e. The molecule has 0 radical (unpaired) electrons. The molecule has 1 saturated heterocycles. The van der Waals surface area contributed by atoms with Gasteiger partial charge >= 0.3 is 0 Å². The SMILES string of the molecule is CN(C)S(=O)(=O)c1ccc2c(c1)N(C(=O)C1CCCNC1)CC2.Cl. The molecule has 2 aliphatic heterocycles. The summed E-state index contributed by atoms with van der Waals surface area (Å²) in [5, 5.41) is 3.26. The second-order valence-corrected chi connectivity index (χ2v) is 8.51. The van der Waals surface area contributed by atoms with E-state index in [-0.39, 0.29) is 29.1 Å². The molecule has 0 spiro atoms. The van der Waals surface area contributed by atoms with Crippen molar-refractivity contribution in [2.45, 2.75) is 24.2 Å². The summed E-state index contributed by atoms with van der Waals surface area (Å²) < 4.78 is 25.8. The van der Waals surface area contributed by atoms with Crippen molar-refractivity contribution in [3.8, 4) is 0 Å². The number of benzene rings is 1. The van der Waals surface area contributed by atoms with Crippen LogP contribution in [0.25, 0.3) is 0 Å². The van der Waals surface area contributed by atoms with Crippen LogP contribution in [0.5, 0.6) is 0 Å². The summed E-state index contributed by atoms with van der Waals surface area (Å²) in [6, 6.07) is 5.11. The van der Waals surface area contributed by atoms with Crippen LogP contribution in [0.2, 0.25) is 0 Å². The fourth-order valence-electron chi connectivity index (χ4n) is 3.24. The Kier molecular flexibility index (Phi) is 5.91. The third-order valence-electron chi connectivity index (χ3n) is 4.64. The molecule has 1 N–H and O–H groups in total. The summed E-state index contributed by atoms with van der Waals surface area (Å²) in [6.07, 6.45) is 2.68. The molecule has 1 amide bonds. The maximum absolute atomic E-state index is 12.8. The average Bonchev–Trinajstić information content (AvgIpc) is 2.97. The number of hydrogen-bond acceptors (Lipinski definition) is 4. The predicted octanol–water partition coefficient (Wildman–Crippen LogP) is 1.25. The minimum atomic E-state index is -3.49. The summed E-state index contributed by atoms with van der Waals surface area (Å²) in [5.41, 5.74) is 1.79. The molecule has 0 saturated carbocycles. The molecule has 1 unspecified atom stereocenters. The van der Waals surface area contributed by atoms with Crippen LogP contribution in [-0.4, -0.2) is 52.4 Å². The molecule has 1 aromatic carbocycles. The van der Waals surface area contributed by atoms with Gasteiger partial charge in [-0.05, 0) is 43.5 Å². The summed E-state index contributed by atoms with van der Waals surface area (Å²) in [6.45, 7) is 2.31. The Morgan fingerprint density at radius 3 is 2.71 bits per heavy atom. The zero-order valence-electron chi connectivity index (χ0n) is 14.0. The van der Waals surface area contributed by atoms with E-state index in [9.17, 15) is 13.2 Å². The van der Waals surface area contributed by atoms with Crippen LogP contribution in [0, 0.1) is 5.92 Å². The van der Waals surface area contributed by atoms with Crippen LogP contribution in [-0.2, 0) is 21.2 Å². The molecule has 2 aliphatic rings. The van der Waals surface area contributed by atoms with Crippen molar-refractivity contribution in [3.05, 3.63) is 23.8 Å². The maximum atomic E-state index is 12.8. The van der Waals surface area contributed by atoms with Gasteiger partial charge in [-0.15, -0.1) is 12.4 Å². The molecule has 6 nitrogen and oxygen atoms in total. The highest BCUT2D eigenvalue weighted by Crippen LogP contribution is 2.32. The van der Waals surface area contributed by atoms with Crippen LogP contribution in [0.3, 0.4) is 0 Å². The molecule has 0 aliphatic carbocycles. The number of anilines is 1. The fourth-order valence-corrected chi connectivity index (χ4v) is 4.16. The van der Waals surface area contributed by atoms with Crippen LogP contribution in [0.1, 0.15) is 18.4 Å². The number of fused-ring (bicyclic) bond motifs is 1. The molecule has 1 aromatic rings. The van der Waals surface area contributed by atoms with Gasteiger partial charge in [-0.1, -0.05) is 6.07 Å². The van der Waals surface area contributed by atoms with E-state index in [2.05, 4.69) is 5.32 Å². The molecule has 0 aromatic heterocycles. The molecule has 0 bridgehead atoms.